The summed E-state index contributed by atoms with van der Waals surface area (Å²) in [6, 6.07) is 0. The Bertz CT molecular complexity index is 324. The molecule has 0 atom stereocenters. The van der Waals surface area contributed by atoms with E-state index < -0.39 is 0 Å². The van der Waals surface area contributed by atoms with Crippen molar-refractivity contribution in [3.63, 3.8) is 0 Å². The van der Waals surface area contributed by atoms with Crippen LogP contribution in [0, 0.1) is 0 Å². The SMILES string of the molecule is CCCc1c(C2CCC2)nn(C)c1N. The van der Waals surface area contributed by atoms with Gasteiger partial charge in [-0.2, -0.15) is 5.10 Å². The quantitative estimate of drug-likeness (QED) is 0.800. The van der Waals surface area contributed by atoms with E-state index in [4.69, 9.17) is 5.73 Å². The molecule has 1 aromatic rings. The molecule has 78 valence electrons. The Morgan fingerprint density at radius 2 is 2.21 bits per heavy atom. The van der Waals surface area contributed by atoms with Gasteiger partial charge < -0.3 is 5.73 Å². The van der Waals surface area contributed by atoms with Crippen LogP contribution in [0.2, 0.25) is 0 Å². The number of rotatable bonds is 3. The van der Waals surface area contributed by atoms with Crippen molar-refractivity contribution in [2.24, 2.45) is 7.05 Å². The summed E-state index contributed by atoms with van der Waals surface area (Å²) in [6.45, 7) is 2.19. The topological polar surface area (TPSA) is 43.8 Å². The monoisotopic (exact) mass is 193 g/mol. The highest BCUT2D eigenvalue weighted by Gasteiger charge is 2.26. The molecule has 0 spiro atoms. The summed E-state index contributed by atoms with van der Waals surface area (Å²) in [5.41, 5.74) is 8.59. The molecule has 1 heterocycles. The van der Waals surface area contributed by atoms with Crippen LogP contribution >= 0.6 is 0 Å². The van der Waals surface area contributed by atoms with Gasteiger partial charge in [0.1, 0.15) is 5.82 Å². The molecular formula is C11H19N3. The largest absolute Gasteiger partial charge is 0.384 e. The molecule has 2 N–H and O–H groups in total. The van der Waals surface area contributed by atoms with Crippen LogP contribution in [0.4, 0.5) is 5.82 Å². The van der Waals surface area contributed by atoms with Crippen LogP contribution in [-0.4, -0.2) is 9.78 Å². The summed E-state index contributed by atoms with van der Waals surface area (Å²) in [7, 11) is 1.94. The Balaban J connectivity index is 2.31. The average molecular weight is 193 g/mol. The Labute approximate surface area is 85.3 Å². The normalized spacial score (nSPS) is 17.0. The highest BCUT2D eigenvalue weighted by atomic mass is 15.3. The van der Waals surface area contributed by atoms with Crippen molar-refractivity contribution in [3.05, 3.63) is 11.3 Å². The molecule has 0 aliphatic heterocycles. The van der Waals surface area contributed by atoms with Crippen molar-refractivity contribution in [2.75, 3.05) is 5.73 Å². The minimum absolute atomic E-state index is 0.694. The molecular weight excluding hydrogens is 174 g/mol. The minimum atomic E-state index is 0.694. The Kier molecular flexibility index (Phi) is 2.48. The number of nitrogens with zero attached hydrogens (tertiary/aromatic N) is 2. The number of anilines is 1. The predicted molar refractivity (Wildman–Crippen MR) is 58.2 cm³/mol. The lowest BCUT2D eigenvalue weighted by Crippen LogP contribution is -2.11. The zero-order valence-corrected chi connectivity index (χ0v) is 9.08. The molecule has 0 radical (unpaired) electrons. The smallest absolute Gasteiger partial charge is 0.124 e. The second-order valence-corrected chi connectivity index (χ2v) is 4.25. The summed E-state index contributed by atoms with van der Waals surface area (Å²) >= 11 is 0. The average Bonchev–Trinajstić information content (AvgIpc) is 2.31. The number of aryl methyl sites for hydroxylation is 1. The molecule has 0 aromatic carbocycles. The van der Waals surface area contributed by atoms with Crippen molar-refractivity contribution in [1.82, 2.24) is 9.78 Å². The number of hydrogen-bond donors (Lipinski definition) is 1. The molecule has 14 heavy (non-hydrogen) atoms. The molecule has 1 fully saturated rings. The van der Waals surface area contributed by atoms with Crippen molar-refractivity contribution >= 4 is 5.82 Å². The third kappa shape index (κ3) is 1.41. The van der Waals surface area contributed by atoms with E-state index in [1.807, 2.05) is 11.7 Å². The van der Waals surface area contributed by atoms with Crippen LogP contribution in [0.25, 0.3) is 0 Å². The van der Waals surface area contributed by atoms with E-state index in [1.165, 1.54) is 30.5 Å². The van der Waals surface area contributed by atoms with E-state index in [2.05, 4.69) is 12.0 Å². The molecule has 1 aliphatic carbocycles. The predicted octanol–water partition coefficient (Wildman–Crippen LogP) is 2.22. The molecule has 1 aliphatic rings. The van der Waals surface area contributed by atoms with E-state index in [1.54, 1.807) is 0 Å². The third-order valence-corrected chi connectivity index (χ3v) is 3.22. The molecule has 3 heteroatoms. The van der Waals surface area contributed by atoms with E-state index >= 15 is 0 Å². The fourth-order valence-corrected chi connectivity index (χ4v) is 2.12. The van der Waals surface area contributed by atoms with E-state index in [0.29, 0.717) is 5.92 Å². The first kappa shape index (κ1) is 9.56. The first-order chi connectivity index (χ1) is 6.74. The van der Waals surface area contributed by atoms with Gasteiger partial charge in [-0.05, 0) is 19.3 Å². The van der Waals surface area contributed by atoms with Gasteiger partial charge in [-0.3, -0.25) is 4.68 Å². The fourth-order valence-electron chi connectivity index (χ4n) is 2.12. The van der Waals surface area contributed by atoms with Crippen molar-refractivity contribution in [2.45, 2.75) is 44.9 Å². The van der Waals surface area contributed by atoms with E-state index in [0.717, 1.165) is 18.7 Å². The van der Waals surface area contributed by atoms with E-state index in [9.17, 15) is 0 Å². The van der Waals surface area contributed by atoms with Gasteiger partial charge in [-0.15, -0.1) is 0 Å². The lowest BCUT2D eigenvalue weighted by Gasteiger charge is -2.24. The molecule has 0 bridgehead atoms. The van der Waals surface area contributed by atoms with Gasteiger partial charge in [-0.1, -0.05) is 19.8 Å². The van der Waals surface area contributed by atoms with Gasteiger partial charge in [0.15, 0.2) is 0 Å². The summed E-state index contributed by atoms with van der Waals surface area (Å²) in [5, 5.41) is 4.54. The Morgan fingerprint density at radius 1 is 1.50 bits per heavy atom. The van der Waals surface area contributed by atoms with Gasteiger partial charge in [-0.25, -0.2) is 0 Å². The number of nitrogen functional groups attached to an aromatic ring is 1. The maximum Gasteiger partial charge on any atom is 0.124 e. The minimum Gasteiger partial charge on any atom is -0.384 e. The summed E-state index contributed by atoms with van der Waals surface area (Å²) < 4.78 is 1.83. The highest BCUT2D eigenvalue weighted by molar-refractivity contribution is 5.45. The lowest BCUT2D eigenvalue weighted by atomic mass is 9.81. The van der Waals surface area contributed by atoms with Crippen molar-refractivity contribution in [1.29, 1.82) is 0 Å². The summed E-state index contributed by atoms with van der Waals surface area (Å²) in [6.07, 6.45) is 6.17. The van der Waals surface area contributed by atoms with Gasteiger partial charge in [0.2, 0.25) is 0 Å². The second kappa shape index (κ2) is 3.64. The lowest BCUT2D eigenvalue weighted by molar-refractivity contribution is 0.405. The maximum absolute atomic E-state index is 6.01. The molecule has 1 aromatic heterocycles. The first-order valence-electron chi connectivity index (χ1n) is 5.55. The fraction of sp³-hybridized carbons (Fsp3) is 0.727. The number of hydrogen-bond acceptors (Lipinski definition) is 2. The van der Waals surface area contributed by atoms with Gasteiger partial charge in [0, 0.05) is 18.5 Å². The molecule has 2 rings (SSSR count). The third-order valence-electron chi connectivity index (χ3n) is 3.22. The number of aromatic nitrogens is 2. The van der Waals surface area contributed by atoms with Crippen LogP contribution in [0.3, 0.4) is 0 Å². The standard InChI is InChI=1S/C11H19N3/c1-3-5-9-10(8-6-4-7-8)13-14(2)11(9)12/h8H,3-7,12H2,1-2H3. The van der Waals surface area contributed by atoms with Crippen LogP contribution in [0.5, 0.6) is 0 Å². The molecule has 0 saturated heterocycles. The maximum atomic E-state index is 6.01. The van der Waals surface area contributed by atoms with Gasteiger partial charge in [0.05, 0.1) is 5.69 Å². The Hall–Kier alpha value is -0.990. The molecule has 3 nitrogen and oxygen atoms in total. The van der Waals surface area contributed by atoms with Crippen LogP contribution in [0.1, 0.15) is 49.8 Å². The first-order valence-corrected chi connectivity index (χ1v) is 5.55. The van der Waals surface area contributed by atoms with E-state index in [-0.39, 0.29) is 0 Å². The molecule has 0 amide bonds. The van der Waals surface area contributed by atoms with Crippen molar-refractivity contribution in [3.8, 4) is 0 Å². The molecule has 1 saturated carbocycles. The molecule has 0 unspecified atom stereocenters. The van der Waals surface area contributed by atoms with Crippen LogP contribution in [0.15, 0.2) is 0 Å². The number of nitrogens with two attached hydrogens (primary N) is 1. The highest BCUT2D eigenvalue weighted by Crippen LogP contribution is 2.38. The van der Waals surface area contributed by atoms with Crippen LogP contribution in [-0.2, 0) is 13.5 Å². The van der Waals surface area contributed by atoms with Crippen molar-refractivity contribution < 1.29 is 0 Å². The Morgan fingerprint density at radius 3 is 2.71 bits per heavy atom. The van der Waals surface area contributed by atoms with Crippen LogP contribution < -0.4 is 5.73 Å². The zero-order valence-electron chi connectivity index (χ0n) is 9.08. The zero-order chi connectivity index (χ0) is 10.1. The second-order valence-electron chi connectivity index (χ2n) is 4.25. The van der Waals surface area contributed by atoms with Gasteiger partial charge >= 0.3 is 0 Å². The van der Waals surface area contributed by atoms with Gasteiger partial charge in [0.25, 0.3) is 0 Å². The summed E-state index contributed by atoms with van der Waals surface area (Å²) in [4.78, 5) is 0. The summed E-state index contributed by atoms with van der Waals surface area (Å²) in [5.74, 6) is 1.56.